The van der Waals surface area contributed by atoms with Crippen molar-refractivity contribution in [3.05, 3.63) is 40.6 Å². The Morgan fingerprint density at radius 1 is 0.791 bits per heavy atom. The van der Waals surface area contributed by atoms with Crippen molar-refractivity contribution in [3.63, 3.8) is 0 Å². The molecule has 0 saturated carbocycles. The highest BCUT2D eigenvalue weighted by Gasteiger charge is 2.37. The Morgan fingerprint density at radius 2 is 1.28 bits per heavy atom. The first-order valence-electron chi connectivity index (χ1n) is 13.4. The van der Waals surface area contributed by atoms with Gasteiger partial charge in [0.1, 0.15) is 21.4 Å². The van der Waals surface area contributed by atoms with E-state index >= 15 is 0 Å². The summed E-state index contributed by atoms with van der Waals surface area (Å²) in [7, 11) is 1.65. The molecule has 43 heavy (non-hydrogen) atoms. The van der Waals surface area contributed by atoms with Crippen LogP contribution in [-0.2, 0) is 20.8 Å². The van der Waals surface area contributed by atoms with Gasteiger partial charge < -0.3 is 23.5 Å². The predicted molar refractivity (Wildman–Crippen MR) is 161 cm³/mol. The highest BCUT2D eigenvalue weighted by atomic mass is 79.9. The molecule has 0 N–H and O–H groups in total. The molecule has 0 atom stereocenters. The molecule has 2 heterocycles. The number of nitrogens with zero attached hydrogens (tertiary/aromatic N) is 6. The third-order valence-corrected chi connectivity index (χ3v) is 5.42. The first kappa shape index (κ1) is 33.4. The highest BCUT2D eigenvalue weighted by Crippen LogP contribution is 2.32. The molecule has 1 aromatic carbocycles. The summed E-state index contributed by atoms with van der Waals surface area (Å²) in [6.07, 6.45) is -1.17. The van der Waals surface area contributed by atoms with Crippen LogP contribution in [0.4, 0.5) is 20.2 Å². The Labute approximate surface area is 259 Å². The third-order valence-electron chi connectivity index (χ3n) is 5.04. The van der Waals surface area contributed by atoms with E-state index in [4.69, 9.17) is 18.6 Å². The van der Waals surface area contributed by atoms with Gasteiger partial charge in [-0.3, -0.25) is 0 Å². The Morgan fingerprint density at radius 3 is 1.79 bits per heavy atom. The number of carbonyl (C=O) groups is 3. The van der Waals surface area contributed by atoms with Gasteiger partial charge in [0, 0.05) is 19.2 Å². The van der Waals surface area contributed by atoms with Gasteiger partial charge in [-0.1, -0.05) is 12.1 Å². The highest BCUT2D eigenvalue weighted by molar-refractivity contribution is 9.10. The maximum absolute atomic E-state index is 13.2. The van der Waals surface area contributed by atoms with E-state index < -0.39 is 35.1 Å². The fraction of sp³-hybridized carbons (Fsp3) is 0.483. The molecule has 0 unspecified atom stereocenters. The number of rotatable bonds is 5. The molecule has 3 rings (SSSR count). The van der Waals surface area contributed by atoms with Gasteiger partial charge in [0.05, 0.1) is 6.20 Å². The van der Waals surface area contributed by atoms with E-state index in [-0.39, 0.29) is 27.9 Å². The molecular formula is C29H37BrN6O7. The summed E-state index contributed by atoms with van der Waals surface area (Å²) >= 11 is 3.27. The Hall–Kier alpha value is -4.07. The van der Waals surface area contributed by atoms with Gasteiger partial charge in [-0.2, -0.15) is 4.90 Å². The van der Waals surface area contributed by atoms with Crippen LogP contribution < -0.4 is 4.90 Å². The van der Waals surface area contributed by atoms with E-state index in [0.717, 1.165) is 5.56 Å². The van der Waals surface area contributed by atoms with E-state index in [2.05, 4.69) is 36.1 Å². The van der Waals surface area contributed by atoms with Crippen molar-refractivity contribution in [2.75, 3.05) is 11.9 Å². The van der Waals surface area contributed by atoms with E-state index in [1.807, 2.05) is 32.9 Å². The van der Waals surface area contributed by atoms with Crippen LogP contribution in [0.5, 0.6) is 0 Å². The van der Waals surface area contributed by atoms with E-state index in [1.54, 1.807) is 60.7 Å². The van der Waals surface area contributed by atoms with Crippen molar-refractivity contribution in [2.24, 2.45) is 0 Å². The zero-order chi connectivity index (χ0) is 32.3. The second-order valence-electron chi connectivity index (χ2n) is 12.6. The van der Waals surface area contributed by atoms with Crippen molar-refractivity contribution in [1.82, 2.24) is 25.1 Å². The standard InChI is InChI=1S/C29H37BrN6O7/c1-27(2,3)41-24(37)35(10)16-17-11-13-18(14-12-17)22-33-34-23(40-22)20-21(31-15-19(30)32-20)36(25(38)42-28(4,5)6)26(39)43-29(7,8)9/h11-15H,16H2,1-10H3. The Balaban J connectivity index is 1.93. The van der Waals surface area contributed by atoms with Gasteiger partial charge in [-0.25, -0.2) is 24.4 Å². The van der Waals surface area contributed by atoms with Crippen molar-refractivity contribution in [1.29, 1.82) is 0 Å². The molecule has 0 fully saturated rings. The van der Waals surface area contributed by atoms with Crippen molar-refractivity contribution >= 4 is 40.0 Å². The minimum absolute atomic E-state index is 0.0551. The summed E-state index contributed by atoms with van der Waals surface area (Å²) in [6.45, 7) is 15.7. The topological polar surface area (TPSA) is 150 Å². The number of carbonyl (C=O) groups excluding carboxylic acids is 3. The maximum Gasteiger partial charge on any atom is 0.425 e. The van der Waals surface area contributed by atoms with Crippen molar-refractivity contribution in [3.8, 4) is 23.0 Å². The zero-order valence-electron chi connectivity index (χ0n) is 26.0. The van der Waals surface area contributed by atoms with Crippen LogP contribution >= 0.6 is 15.9 Å². The van der Waals surface area contributed by atoms with Gasteiger partial charge in [-0.05, 0) is 95.9 Å². The second kappa shape index (κ2) is 12.7. The molecule has 0 aliphatic heterocycles. The summed E-state index contributed by atoms with van der Waals surface area (Å²) in [5.74, 6) is -0.178. The largest absolute Gasteiger partial charge is 0.444 e. The lowest BCUT2D eigenvalue weighted by molar-refractivity contribution is 0.0283. The van der Waals surface area contributed by atoms with Crippen LogP contribution in [0, 0.1) is 0 Å². The molecule has 0 aliphatic rings. The summed E-state index contributed by atoms with van der Waals surface area (Å²) in [5, 5.41) is 8.23. The molecule has 0 bridgehead atoms. The Kier molecular flexibility index (Phi) is 9.84. The van der Waals surface area contributed by atoms with Crippen LogP contribution in [0.1, 0.15) is 67.9 Å². The minimum Gasteiger partial charge on any atom is -0.444 e. The minimum atomic E-state index is -1.02. The number of amides is 3. The number of halogens is 1. The molecule has 14 heteroatoms. The van der Waals surface area contributed by atoms with E-state index in [0.29, 0.717) is 17.0 Å². The van der Waals surface area contributed by atoms with Crippen LogP contribution in [0.15, 0.2) is 39.5 Å². The van der Waals surface area contributed by atoms with Gasteiger partial charge in [0.2, 0.25) is 5.89 Å². The molecule has 0 aliphatic carbocycles. The smallest absolute Gasteiger partial charge is 0.425 e. The van der Waals surface area contributed by atoms with Crippen LogP contribution in [-0.4, -0.2) is 67.2 Å². The van der Waals surface area contributed by atoms with Gasteiger partial charge in [0.25, 0.3) is 5.89 Å². The predicted octanol–water partition coefficient (Wildman–Crippen LogP) is 7.00. The first-order chi connectivity index (χ1) is 19.7. The molecule has 3 aromatic rings. The van der Waals surface area contributed by atoms with E-state index in [9.17, 15) is 14.4 Å². The molecule has 0 spiro atoms. The number of ether oxygens (including phenoxy) is 3. The van der Waals surface area contributed by atoms with Crippen molar-refractivity contribution in [2.45, 2.75) is 85.7 Å². The van der Waals surface area contributed by atoms with Gasteiger partial charge >= 0.3 is 18.3 Å². The maximum atomic E-state index is 13.2. The SMILES string of the molecule is CN(Cc1ccc(-c2nnc(-c3nc(Br)cnc3N(C(=O)OC(C)(C)C)C(=O)OC(C)(C)C)o2)cc1)C(=O)OC(C)(C)C. The van der Waals surface area contributed by atoms with Gasteiger partial charge in [0.15, 0.2) is 11.5 Å². The third kappa shape index (κ3) is 9.73. The average molecular weight is 662 g/mol. The number of hydrogen-bond acceptors (Lipinski definition) is 11. The fourth-order valence-corrected chi connectivity index (χ4v) is 3.68. The quantitative estimate of drug-likeness (QED) is 0.260. The zero-order valence-corrected chi connectivity index (χ0v) is 27.6. The lowest BCUT2D eigenvalue weighted by atomic mass is 10.1. The number of aromatic nitrogens is 4. The molecule has 2 aromatic heterocycles. The summed E-state index contributed by atoms with van der Waals surface area (Å²) in [5.41, 5.74) is -1.07. The van der Waals surface area contributed by atoms with Crippen LogP contribution in [0.3, 0.4) is 0 Å². The lowest BCUT2D eigenvalue weighted by Gasteiger charge is -2.28. The Bertz CT molecular complexity index is 1440. The monoisotopic (exact) mass is 660 g/mol. The summed E-state index contributed by atoms with van der Waals surface area (Å²) < 4.78 is 22.5. The number of benzene rings is 1. The fourth-order valence-electron chi connectivity index (χ4n) is 3.40. The lowest BCUT2D eigenvalue weighted by Crippen LogP contribution is -2.44. The number of anilines is 1. The number of hydrogen-bond donors (Lipinski definition) is 0. The second-order valence-corrected chi connectivity index (χ2v) is 13.4. The molecule has 232 valence electrons. The molecular weight excluding hydrogens is 624 g/mol. The molecule has 13 nitrogen and oxygen atoms in total. The van der Waals surface area contributed by atoms with Crippen molar-refractivity contribution < 1.29 is 33.0 Å². The van der Waals surface area contributed by atoms with Crippen LogP contribution in [0.2, 0.25) is 0 Å². The summed E-state index contributed by atoms with van der Waals surface area (Å²) in [6, 6.07) is 7.15. The molecule has 3 amide bonds. The average Bonchev–Trinajstić information content (AvgIpc) is 3.32. The molecule has 0 radical (unpaired) electrons. The molecule has 0 saturated heterocycles. The van der Waals surface area contributed by atoms with E-state index in [1.165, 1.54) is 11.1 Å². The first-order valence-corrected chi connectivity index (χ1v) is 14.2. The number of imide groups is 1. The van der Waals surface area contributed by atoms with Crippen LogP contribution in [0.25, 0.3) is 23.0 Å². The van der Waals surface area contributed by atoms with Gasteiger partial charge in [-0.15, -0.1) is 10.2 Å². The summed E-state index contributed by atoms with van der Waals surface area (Å²) in [4.78, 5) is 49.5. The normalized spacial score (nSPS) is 12.0.